The van der Waals surface area contributed by atoms with Gasteiger partial charge in [0.2, 0.25) is 5.91 Å². The van der Waals surface area contributed by atoms with E-state index in [1.54, 1.807) is 6.92 Å². The van der Waals surface area contributed by atoms with Gasteiger partial charge in [0.25, 0.3) is 0 Å². The molecule has 1 atom stereocenters. The number of piperazine rings is 1. The minimum absolute atomic E-state index is 0.115. The molecule has 0 saturated carbocycles. The molecule has 132 valence electrons. The van der Waals surface area contributed by atoms with Crippen molar-refractivity contribution in [3.8, 4) is 0 Å². The van der Waals surface area contributed by atoms with Crippen LogP contribution in [-0.2, 0) is 11.3 Å². The number of hydrogen-bond donors (Lipinski definition) is 0. The highest BCUT2D eigenvalue weighted by Gasteiger charge is 2.29. The Morgan fingerprint density at radius 2 is 1.92 bits per heavy atom. The molecule has 2 heterocycles. The lowest BCUT2D eigenvalue weighted by molar-refractivity contribution is -0.134. The van der Waals surface area contributed by atoms with Crippen molar-refractivity contribution in [1.29, 1.82) is 0 Å². The second-order valence-electron chi connectivity index (χ2n) is 6.90. The molecule has 26 heavy (non-hydrogen) atoms. The number of aromatic nitrogens is 1. The number of benzene rings is 2. The Kier molecular flexibility index (Phi) is 4.67. The highest BCUT2D eigenvalue weighted by molar-refractivity contribution is 5.78. The molecule has 1 aromatic heterocycles. The molecule has 0 N–H and O–H groups in total. The van der Waals surface area contributed by atoms with Gasteiger partial charge in [-0.05, 0) is 29.3 Å². The number of nitrogens with zero attached hydrogens (tertiary/aromatic N) is 3. The summed E-state index contributed by atoms with van der Waals surface area (Å²) in [6.07, 6.45) is 1.83. The fourth-order valence-corrected chi connectivity index (χ4v) is 3.80. The zero-order valence-corrected chi connectivity index (χ0v) is 15.0. The molecule has 1 saturated heterocycles. The van der Waals surface area contributed by atoms with Gasteiger partial charge in [0.05, 0.1) is 11.6 Å². The van der Waals surface area contributed by atoms with Crippen LogP contribution < -0.4 is 0 Å². The second-order valence-corrected chi connectivity index (χ2v) is 6.90. The zero-order valence-electron chi connectivity index (χ0n) is 15.0. The van der Waals surface area contributed by atoms with Crippen molar-refractivity contribution < 1.29 is 4.79 Å². The van der Waals surface area contributed by atoms with Crippen molar-refractivity contribution in [2.75, 3.05) is 19.6 Å². The summed E-state index contributed by atoms with van der Waals surface area (Å²) in [5.41, 5.74) is 3.52. The Labute approximate surface area is 154 Å². The van der Waals surface area contributed by atoms with Crippen molar-refractivity contribution in [2.24, 2.45) is 0 Å². The summed E-state index contributed by atoms with van der Waals surface area (Å²) in [5, 5.41) is 1.17. The van der Waals surface area contributed by atoms with E-state index in [0.717, 1.165) is 31.7 Å². The van der Waals surface area contributed by atoms with Gasteiger partial charge in [0, 0.05) is 44.7 Å². The maximum absolute atomic E-state index is 12.1. The highest BCUT2D eigenvalue weighted by atomic mass is 16.2. The Hall–Kier alpha value is -2.72. The van der Waals surface area contributed by atoms with Gasteiger partial charge in [-0.2, -0.15) is 0 Å². The molecule has 1 amide bonds. The van der Waals surface area contributed by atoms with Crippen molar-refractivity contribution in [2.45, 2.75) is 19.5 Å². The second kappa shape index (κ2) is 7.26. The molecule has 0 unspecified atom stereocenters. The van der Waals surface area contributed by atoms with E-state index in [-0.39, 0.29) is 11.9 Å². The predicted molar refractivity (Wildman–Crippen MR) is 104 cm³/mol. The van der Waals surface area contributed by atoms with Gasteiger partial charge in [-0.25, -0.2) is 0 Å². The van der Waals surface area contributed by atoms with Crippen LogP contribution in [0.15, 0.2) is 66.9 Å². The lowest BCUT2D eigenvalue weighted by Crippen LogP contribution is -2.49. The average Bonchev–Trinajstić information content (AvgIpc) is 2.68. The molecule has 1 aliphatic rings. The maximum Gasteiger partial charge on any atom is 0.220 e. The minimum Gasteiger partial charge on any atom is -0.333 e. The smallest absolute Gasteiger partial charge is 0.220 e. The molecule has 0 radical (unpaired) electrons. The van der Waals surface area contributed by atoms with Gasteiger partial charge in [-0.3, -0.25) is 14.7 Å². The van der Waals surface area contributed by atoms with Gasteiger partial charge < -0.3 is 4.90 Å². The van der Waals surface area contributed by atoms with Crippen molar-refractivity contribution >= 4 is 16.8 Å². The van der Waals surface area contributed by atoms with Crippen LogP contribution in [0.2, 0.25) is 0 Å². The Morgan fingerprint density at radius 1 is 1.08 bits per heavy atom. The third-order valence-corrected chi connectivity index (χ3v) is 5.13. The normalized spacial score (nSPS) is 18.2. The molecule has 4 heteroatoms. The van der Waals surface area contributed by atoms with Crippen LogP contribution in [0.1, 0.15) is 24.1 Å². The first-order chi connectivity index (χ1) is 12.7. The summed E-state index contributed by atoms with van der Waals surface area (Å²) in [6, 6.07) is 21.0. The third kappa shape index (κ3) is 3.46. The summed E-state index contributed by atoms with van der Waals surface area (Å²) in [4.78, 5) is 20.9. The summed E-state index contributed by atoms with van der Waals surface area (Å²) in [5.74, 6) is 0.148. The molecule has 0 spiro atoms. The quantitative estimate of drug-likeness (QED) is 0.727. The first kappa shape index (κ1) is 16.7. The SMILES string of the molecule is CC(=O)N1CCN(Cc2ccc3ncccc3c2)C[C@@H]1c1ccccc1. The van der Waals surface area contributed by atoms with Crippen LogP contribution in [0, 0.1) is 0 Å². The lowest BCUT2D eigenvalue weighted by atomic mass is 10.0. The van der Waals surface area contributed by atoms with Crippen LogP contribution in [0.4, 0.5) is 0 Å². The number of fused-ring (bicyclic) bond motifs is 1. The van der Waals surface area contributed by atoms with Crippen LogP contribution in [0.5, 0.6) is 0 Å². The van der Waals surface area contributed by atoms with Crippen LogP contribution in [-0.4, -0.2) is 40.3 Å². The lowest BCUT2D eigenvalue weighted by Gasteiger charge is -2.41. The van der Waals surface area contributed by atoms with E-state index in [9.17, 15) is 4.79 Å². The maximum atomic E-state index is 12.1. The number of hydrogen-bond acceptors (Lipinski definition) is 3. The third-order valence-electron chi connectivity index (χ3n) is 5.13. The molecule has 0 bridgehead atoms. The van der Waals surface area contributed by atoms with E-state index >= 15 is 0 Å². The number of carbonyl (C=O) groups excluding carboxylic acids is 1. The highest BCUT2D eigenvalue weighted by Crippen LogP contribution is 2.26. The molecular weight excluding hydrogens is 322 g/mol. The van der Waals surface area contributed by atoms with Crippen LogP contribution in [0.3, 0.4) is 0 Å². The van der Waals surface area contributed by atoms with E-state index in [2.05, 4.69) is 46.3 Å². The summed E-state index contributed by atoms with van der Waals surface area (Å²) >= 11 is 0. The summed E-state index contributed by atoms with van der Waals surface area (Å²) in [7, 11) is 0. The van der Waals surface area contributed by atoms with Crippen LogP contribution >= 0.6 is 0 Å². The molecule has 3 aromatic rings. The van der Waals surface area contributed by atoms with E-state index in [4.69, 9.17) is 0 Å². The van der Waals surface area contributed by atoms with E-state index in [1.165, 1.54) is 16.5 Å². The fraction of sp³-hybridized carbons (Fsp3) is 0.273. The van der Waals surface area contributed by atoms with Gasteiger partial charge in [-0.15, -0.1) is 0 Å². The van der Waals surface area contributed by atoms with Crippen molar-refractivity contribution in [3.05, 3.63) is 78.0 Å². The Morgan fingerprint density at radius 3 is 2.73 bits per heavy atom. The topological polar surface area (TPSA) is 36.4 Å². The molecule has 1 aliphatic heterocycles. The van der Waals surface area contributed by atoms with Gasteiger partial charge >= 0.3 is 0 Å². The molecule has 4 nitrogen and oxygen atoms in total. The Balaban J connectivity index is 1.54. The van der Waals surface area contributed by atoms with E-state index < -0.39 is 0 Å². The number of rotatable bonds is 3. The number of amides is 1. The van der Waals surface area contributed by atoms with Crippen molar-refractivity contribution in [1.82, 2.24) is 14.8 Å². The summed E-state index contributed by atoms with van der Waals surface area (Å²) < 4.78 is 0. The van der Waals surface area contributed by atoms with E-state index in [1.807, 2.05) is 35.4 Å². The molecule has 2 aromatic carbocycles. The van der Waals surface area contributed by atoms with Gasteiger partial charge in [0.1, 0.15) is 0 Å². The molecule has 1 fully saturated rings. The first-order valence-corrected chi connectivity index (χ1v) is 9.09. The largest absolute Gasteiger partial charge is 0.333 e. The number of carbonyl (C=O) groups is 1. The number of pyridine rings is 1. The van der Waals surface area contributed by atoms with Gasteiger partial charge in [-0.1, -0.05) is 42.5 Å². The summed E-state index contributed by atoms with van der Waals surface area (Å²) in [6.45, 7) is 5.08. The molecule has 4 rings (SSSR count). The van der Waals surface area contributed by atoms with Crippen LogP contribution in [0.25, 0.3) is 10.9 Å². The fourth-order valence-electron chi connectivity index (χ4n) is 3.80. The molecule has 0 aliphatic carbocycles. The predicted octanol–water partition coefficient (Wildman–Crippen LogP) is 3.64. The molecular formula is C22H23N3O. The monoisotopic (exact) mass is 345 g/mol. The average molecular weight is 345 g/mol. The zero-order chi connectivity index (χ0) is 17.9. The van der Waals surface area contributed by atoms with Gasteiger partial charge in [0.15, 0.2) is 0 Å². The minimum atomic E-state index is 0.115. The van der Waals surface area contributed by atoms with E-state index in [0.29, 0.717) is 0 Å². The standard InChI is InChI=1S/C22H23N3O/c1-17(26)25-13-12-24(16-22(25)19-6-3-2-4-7-19)15-18-9-10-21-20(14-18)8-5-11-23-21/h2-11,14,22H,12-13,15-16H2,1H3/t22-/m1/s1. The first-order valence-electron chi connectivity index (χ1n) is 9.09. The Bertz CT molecular complexity index is 909. The van der Waals surface area contributed by atoms with Crippen molar-refractivity contribution in [3.63, 3.8) is 0 Å².